The molecule has 0 bridgehead atoms. The van der Waals surface area contributed by atoms with Gasteiger partial charge in [0.1, 0.15) is 0 Å². The third-order valence-electron chi connectivity index (χ3n) is 1.93. The lowest BCUT2D eigenvalue weighted by molar-refractivity contribution is 1.79. The second-order valence-corrected chi connectivity index (χ2v) is 18.7. The van der Waals surface area contributed by atoms with Gasteiger partial charge in [-0.3, -0.25) is 0 Å². The highest BCUT2D eigenvalue weighted by atomic mass is 35.7. The van der Waals surface area contributed by atoms with E-state index in [2.05, 4.69) is 0 Å². The van der Waals surface area contributed by atoms with Crippen molar-refractivity contribution in [2.24, 2.45) is 0 Å². The van der Waals surface area contributed by atoms with Gasteiger partial charge in [-0.1, -0.05) is 23.7 Å². The molecular weight excluding hydrogens is 330 g/mol. The molecule has 0 aromatic heterocycles. The van der Waals surface area contributed by atoms with Gasteiger partial charge < -0.3 is 0 Å². The largest absolute Gasteiger partial charge is 0.279 e. The highest BCUT2D eigenvalue weighted by Crippen LogP contribution is 2.22. The summed E-state index contributed by atoms with van der Waals surface area (Å²) in [7, 11) is 0. The third-order valence-corrected chi connectivity index (χ3v) is 7.78. The molecule has 7 heteroatoms. The quantitative estimate of drug-likeness (QED) is 0.567. The van der Waals surface area contributed by atoms with Gasteiger partial charge in [-0.15, -0.1) is 44.3 Å². The van der Waals surface area contributed by atoms with Crippen molar-refractivity contribution in [3.63, 3.8) is 0 Å². The van der Waals surface area contributed by atoms with Crippen molar-refractivity contribution in [1.82, 2.24) is 0 Å². The van der Waals surface area contributed by atoms with Crippen molar-refractivity contribution < 1.29 is 0 Å². The molecule has 84 valence electrons. The molecule has 0 nitrogen and oxygen atoms in total. The van der Waals surface area contributed by atoms with Gasteiger partial charge in [-0.25, -0.2) is 0 Å². The van der Waals surface area contributed by atoms with Crippen LogP contribution < -0.4 is 10.4 Å². The fourth-order valence-electron chi connectivity index (χ4n) is 1.34. The third kappa shape index (κ3) is 3.53. The van der Waals surface area contributed by atoms with E-state index in [0.717, 1.165) is 10.4 Å². The summed E-state index contributed by atoms with van der Waals surface area (Å²) in [6.07, 6.45) is 0. The van der Waals surface area contributed by atoms with Crippen LogP contribution in [0, 0.1) is 0 Å². The van der Waals surface area contributed by atoms with E-state index in [1.54, 1.807) is 19.2 Å². The van der Waals surface area contributed by atoms with Gasteiger partial charge in [-0.05, 0) is 29.5 Å². The second kappa shape index (κ2) is 4.77. The number of halogens is 5. The zero-order chi connectivity index (χ0) is 11.9. The summed E-state index contributed by atoms with van der Waals surface area (Å²) in [4.78, 5) is 0. The summed E-state index contributed by atoms with van der Waals surface area (Å²) in [6.45, 7) is -1.46. The minimum absolute atomic E-state index is 0.548. The average Bonchev–Trinajstić information content (AvgIpc) is 1.99. The van der Waals surface area contributed by atoms with Crippen LogP contribution in [0.1, 0.15) is 0 Å². The molecule has 0 aliphatic rings. The number of hydrogen-bond acceptors (Lipinski definition) is 0. The van der Waals surface area contributed by atoms with Crippen LogP contribution in [0.5, 0.6) is 0 Å². The van der Waals surface area contributed by atoms with Crippen molar-refractivity contribution in [2.75, 3.05) is 0 Å². The van der Waals surface area contributed by atoms with Crippen LogP contribution in [-0.2, 0) is 0 Å². The monoisotopic (exact) mass is 336 g/mol. The second-order valence-electron chi connectivity index (χ2n) is 3.44. The Hall–Kier alpha value is 1.10. The molecule has 1 rings (SSSR count). The fraction of sp³-hybridized carbons (Fsp3) is 0.250. The maximum absolute atomic E-state index is 6.20. The molecular formula is C8H9Cl5Si2. The van der Waals surface area contributed by atoms with E-state index in [1.807, 2.05) is 12.1 Å². The highest BCUT2D eigenvalue weighted by Gasteiger charge is 2.36. The van der Waals surface area contributed by atoms with Gasteiger partial charge in [0.2, 0.25) is 0 Å². The van der Waals surface area contributed by atoms with Gasteiger partial charge in [0.05, 0.1) is 0 Å². The van der Waals surface area contributed by atoms with Crippen molar-refractivity contribution >= 4 is 79.7 Å². The van der Waals surface area contributed by atoms with E-state index in [0.29, 0.717) is 5.02 Å². The first kappa shape index (κ1) is 14.2. The average molecular weight is 339 g/mol. The first-order chi connectivity index (χ1) is 6.64. The summed E-state index contributed by atoms with van der Waals surface area (Å²) in [6, 6.07) is 5.42. The smallest absolute Gasteiger partial charge is 0.140 e. The lowest BCUT2D eigenvalue weighted by Gasteiger charge is -2.22. The van der Waals surface area contributed by atoms with E-state index in [9.17, 15) is 0 Å². The lowest BCUT2D eigenvalue weighted by atomic mass is 10.4. The molecule has 1 aromatic carbocycles. The summed E-state index contributed by atoms with van der Waals surface area (Å²) < 4.78 is 0. The minimum Gasteiger partial charge on any atom is -0.140 e. The van der Waals surface area contributed by atoms with Crippen LogP contribution in [0.4, 0.5) is 0 Å². The Labute approximate surface area is 115 Å². The van der Waals surface area contributed by atoms with E-state index in [-0.39, 0.29) is 0 Å². The Morgan fingerprint density at radius 1 is 0.933 bits per heavy atom. The standard InChI is InChI=1S/C8H9Cl5Si2/c1-14(10,11)7-5-3-4-6(9)8(7)15(2,12)13/h3-5H,1-2H3. The zero-order valence-corrected chi connectivity index (χ0v) is 13.9. The number of benzene rings is 1. The Bertz CT molecular complexity index is 366. The fourth-order valence-corrected chi connectivity index (χ4v) is 9.09. The maximum Gasteiger partial charge on any atom is 0.279 e. The molecule has 0 fully saturated rings. The Balaban J connectivity index is 3.48. The van der Waals surface area contributed by atoms with Crippen LogP contribution in [0.25, 0.3) is 0 Å². The number of hydrogen-bond donors (Lipinski definition) is 0. The lowest BCUT2D eigenvalue weighted by Crippen LogP contribution is -2.52. The van der Waals surface area contributed by atoms with E-state index in [1.165, 1.54) is 0 Å². The van der Waals surface area contributed by atoms with Crippen LogP contribution in [0.2, 0.25) is 18.1 Å². The molecule has 0 atom stereocenters. The first-order valence-electron chi connectivity index (χ1n) is 4.19. The first-order valence-corrected chi connectivity index (χ1v) is 13.6. The van der Waals surface area contributed by atoms with Crippen LogP contribution >= 0.6 is 55.9 Å². The minimum atomic E-state index is -2.55. The molecule has 0 heterocycles. The summed E-state index contributed by atoms with van der Waals surface area (Å²) in [5.74, 6) is 0. The van der Waals surface area contributed by atoms with Gasteiger partial charge >= 0.3 is 0 Å². The molecule has 0 saturated carbocycles. The predicted octanol–water partition coefficient (Wildman–Crippen LogP) is 3.85. The van der Waals surface area contributed by atoms with Crippen LogP contribution in [-0.4, -0.2) is 13.4 Å². The molecule has 0 radical (unpaired) electrons. The van der Waals surface area contributed by atoms with Gasteiger partial charge in [0.25, 0.3) is 13.4 Å². The molecule has 0 aliphatic carbocycles. The number of rotatable bonds is 2. The van der Waals surface area contributed by atoms with Crippen molar-refractivity contribution in [3.8, 4) is 0 Å². The van der Waals surface area contributed by atoms with Crippen LogP contribution in [0.15, 0.2) is 18.2 Å². The van der Waals surface area contributed by atoms with Crippen LogP contribution in [0.3, 0.4) is 0 Å². The molecule has 0 N–H and O–H groups in total. The normalized spacial score (nSPS) is 13.0. The van der Waals surface area contributed by atoms with Crippen molar-refractivity contribution in [3.05, 3.63) is 23.2 Å². The van der Waals surface area contributed by atoms with Crippen molar-refractivity contribution in [1.29, 1.82) is 0 Å². The molecule has 0 saturated heterocycles. The molecule has 0 aliphatic heterocycles. The highest BCUT2D eigenvalue weighted by molar-refractivity contribution is 7.55. The molecule has 1 aromatic rings. The maximum atomic E-state index is 6.20. The molecule has 0 spiro atoms. The SMILES string of the molecule is C[Si](Cl)(Cl)c1cccc(Cl)c1[Si](C)(Cl)Cl. The Morgan fingerprint density at radius 3 is 1.80 bits per heavy atom. The summed E-state index contributed by atoms with van der Waals surface area (Å²) in [5.41, 5.74) is 0. The molecule has 0 unspecified atom stereocenters. The van der Waals surface area contributed by atoms with E-state index in [4.69, 9.17) is 55.9 Å². The van der Waals surface area contributed by atoms with Gasteiger partial charge in [0.15, 0.2) is 0 Å². The van der Waals surface area contributed by atoms with Gasteiger partial charge in [-0.2, -0.15) is 0 Å². The predicted molar refractivity (Wildman–Crippen MR) is 77.4 cm³/mol. The Kier molecular flexibility index (Phi) is 4.50. The van der Waals surface area contributed by atoms with E-state index < -0.39 is 13.4 Å². The van der Waals surface area contributed by atoms with Gasteiger partial charge in [0, 0.05) is 5.02 Å². The summed E-state index contributed by atoms with van der Waals surface area (Å²) >= 11 is 30.9. The Morgan fingerprint density at radius 2 is 1.47 bits per heavy atom. The molecule has 15 heavy (non-hydrogen) atoms. The zero-order valence-electron chi connectivity index (χ0n) is 8.12. The summed E-state index contributed by atoms with van der Waals surface area (Å²) in [5, 5.41) is 2.11. The van der Waals surface area contributed by atoms with Crippen molar-refractivity contribution in [2.45, 2.75) is 13.1 Å². The topological polar surface area (TPSA) is 0 Å². The molecule has 0 amide bonds. The van der Waals surface area contributed by atoms with E-state index >= 15 is 0 Å².